The van der Waals surface area contributed by atoms with Gasteiger partial charge in [-0.05, 0) is 25.1 Å². The van der Waals surface area contributed by atoms with Gasteiger partial charge in [0.25, 0.3) is 5.56 Å². The lowest BCUT2D eigenvalue weighted by Gasteiger charge is -2.17. The largest absolute Gasteiger partial charge is 0.318 e. The van der Waals surface area contributed by atoms with Crippen LogP contribution in [0.5, 0.6) is 0 Å². The predicted molar refractivity (Wildman–Crippen MR) is 68.8 cm³/mol. The second-order valence-corrected chi connectivity index (χ2v) is 4.38. The molecule has 88 valence electrons. The fraction of sp³-hybridized carbons (Fsp3) is 0.308. The molecule has 1 aliphatic rings. The summed E-state index contributed by atoms with van der Waals surface area (Å²) in [6, 6.07) is 11.7. The number of nitrogens with one attached hydrogen (secondary N) is 2. The summed E-state index contributed by atoms with van der Waals surface area (Å²) in [7, 11) is 0. The molecule has 3 rings (SSSR count). The van der Waals surface area contributed by atoms with Crippen molar-refractivity contribution in [2.24, 2.45) is 0 Å². The van der Waals surface area contributed by atoms with Gasteiger partial charge in [0.2, 0.25) is 0 Å². The Hall–Kier alpha value is -1.81. The van der Waals surface area contributed by atoms with Crippen molar-refractivity contribution in [3.05, 3.63) is 46.8 Å². The second kappa shape index (κ2) is 4.22. The Morgan fingerprint density at radius 1 is 1.24 bits per heavy atom. The van der Waals surface area contributed by atoms with Gasteiger partial charge in [-0.3, -0.25) is 4.79 Å². The van der Waals surface area contributed by atoms with Crippen LogP contribution >= 0.6 is 0 Å². The average molecular weight is 229 g/mol. The molecular weight excluding hydrogens is 214 g/mol. The van der Waals surface area contributed by atoms with Crippen LogP contribution in [0.15, 0.2) is 41.2 Å². The number of rotatable bonds is 2. The van der Waals surface area contributed by atoms with Gasteiger partial charge < -0.3 is 10.7 Å². The molecule has 1 saturated heterocycles. The molecule has 0 aliphatic carbocycles. The van der Waals surface area contributed by atoms with E-state index in [2.05, 4.69) is 10.7 Å². The minimum absolute atomic E-state index is 0.00407. The molecule has 2 N–H and O–H groups in total. The summed E-state index contributed by atoms with van der Waals surface area (Å²) in [5, 5.41) is 4.36. The number of fused-ring (bicyclic) bond motifs is 1. The van der Waals surface area contributed by atoms with Gasteiger partial charge in [0.05, 0.1) is 11.6 Å². The van der Waals surface area contributed by atoms with E-state index < -0.39 is 0 Å². The number of hydrogen-bond acceptors (Lipinski definition) is 3. The van der Waals surface area contributed by atoms with Crippen LogP contribution in [0.2, 0.25) is 0 Å². The zero-order valence-electron chi connectivity index (χ0n) is 9.52. The lowest BCUT2D eigenvalue weighted by Crippen LogP contribution is -2.36. The number of benzene rings is 1. The van der Waals surface area contributed by atoms with E-state index in [0.29, 0.717) is 6.04 Å². The van der Waals surface area contributed by atoms with Crippen LogP contribution < -0.4 is 16.3 Å². The van der Waals surface area contributed by atoms with Crippen LogP contribution in [-0.4, -0.2) is 23.8 Å². The van der Waals surface area contributed by atoms with Crippen molar-refractivity contribution in [2.75, 3.05) is 18.5 Å². The SMILES string of the molecule is O=c1ccc2ccccc2n1NC1CCNC1. The summed E-state index contributed by atoms with van der Waals surface area (Å²) < 4.78 is 1.66. The van der Waals surface area contributed by atoms with Crippen LogP contribution in [0.25, 0.3) is 10.9 Å². The molecule has 1 unspecified atom stereocenters. The molecular formula is C13H15N3O. The smallest absolute Gasteiger partial charge is 0.269 e. The third-order valence-corrected chi connectivity index (χ3v) is 3.18. The Kier molecular flexibility index (Phi) is 2.57. The quantitative estimate of drug-likeness (QED) is 0.804. The molecule has 4 heteroatoms. The Labute approximate surface area is 99.2 Å². The van der Waals surface area contributed by atoms with E-state index in [1.165, 1.54) is 0 Å². The van der Waals surface area contributed by atoms with Gasteiger partial charge in [0, 0.05) is 18.0 Å². The maximum atomic E-state index is 11.9. The summed E-state index contributed by atoms with van der Waals surface area (Å²) in [5.41, 5.74) is 4.23. The first kappa shape index (κ1) is 10.4. The molecule has 1 aliphatic heterocycles. The van der Waals surface area contributed by atoms with Gasteiger partial charge in [0.1, 0.15) is 0 Å². The highest BCUT2D eigenvalue weighted by Gasteiger charge is 2.15. The molecule has 0 bridgehead atoms. The highest BCUT2D eigenvalue weighted by molar-refractivity contribution is 5.78. The van der Waals surface area contributed by atoms with Crippen molar-refractivity contribution in [3.63, 3.8) is 0 Å². The average Bonchev–Trinajstić information content (AvgIpc) is 2.86. The second-order valence-electron chi connectivity index (χ2n) is 4.38. The molecule has 0 amide bonds. The number of pyridine rings is 1. The molecule has 1 aromatic carbocycles. The predicted octanol–water partition coefficient (Wildman–Crippen LogP) is 0.907. The first-order chi connectivity index (χ1) is 8.34. The van der Waals surface area contributed by atoms with Crippen LogP contribution in [0.3, 0.4) is 0 Å². The third-order valence-electron chi connectivity index (χ3n) is 3.18. The number of hydrogen-bond donors (Lipinski definition) is 2. The Morgan fingerprint density at radius 3 is 2.94 bits per heavy atom. The van der Waals surface area contributed by atoms with Crippen molar-refractivity contribution in [3.8, 4) is 0 Å². The van der Waals surface area contributed by atoms with E-state index in [1.54, 1.807) is 10.7 Å². The zero-order chi connectivity index (χ0) is 11.7. The summed E-state index contributed by atoms with van der Waals surface area (Å²) in [6.07, 6.45) is 1.05. The zero-order valence-corrected chi connectivity index (χ0v) is 9.52. The first-order valence-corrected chi connectivity index (χ1v) is 5.93. The van der Waals surface area contributed by atoms with Crippen molar-refractivity contribution in [2.45, 2.75) is 12.5 Å². The van der Waals surface area contributed by atoms with Gasteiger partial charge in [-0.25, -0.2) is 4.68 Å². The molecule has 0 saturated carbocycles. The van der Waals surface area contributed by atoms with Crippen molar-refractivity contribution >= 4 is 10.9 Å². The molecule has 0 spiro atoms. The third kappa shape index (κ3) is 1.91. The van der Waals surface area contributed by atoms with Crippen molar-refractivity contribution < 1.29 is 0 Å². The summed E-state index contributed by atoms with van der Waals surface area (Å²) in [4.78, 5) is 11.9. The van der Waals surface area contributed by atoms with Gasteiger partial charge in [0.15, 0.2) is 0 Å². The fourth-order valence-corrected chi connectivity index (χ4v) is 2.27. The molecule has 17 heavy (non-hydrogen) atoms. The highest BCUT2D eigenvalue weighted by Crippen LogP contribution is 2.10. The molecule has 0 radical (unpaired) electrons. The lowest BCUT2D eigenvalue weighted by atomic mass is 10.2. The summed E-state index contributed by atoms with van der Waals surface area (Å²) in [5.74, 6) is 0. The van der Waals surface area contributed by atoms with Crippen LogP contribution in [0.4, 0.5) is 0 Å². The van der Waals surface area contributed by atoms with Crippen LogP contribution in [-0.2, 0) is 0 Å². The minimum Gasteiger partial charge on any atom is -0.318 e. The maximum absolute atomic E-state index is 11.9. The monoisotopic (exact) mass is 229 g/mol. The Morgan fingerprint density at radius 2 is 2.12 bits per heavy atom. The topological polar surface area (TPSA) is 46.1 Å². The summed E-state index contributed by atoms with van der Waals surface area (Å²) >= 11 is 0. The van der Waals surface area contributed by atoms with Crippen molar-refractivity contribution in [1.82, 2.24) is 9.99 Å². The summed E-state index contributed by atoms with van der Waals surface area (Å²) in [6.45, 7) is 1.92. The highest BCUT2D eigenvalue weighted by atomic mass is 16.1. The lowest BCUT2D eigenvalue weighted by molar-refractivity contribution is 0.682. The number of para-hydroxylation sites is 1. The molecule has 1 atom stereocenters. The van der Waals surface area contributed by atoms with E-state index in [1.807, 2.05) is 30.3 Å². The number of aromatic nitrogens is 1. The molecule has 1 aromatic heterocycles. The molecule has 1 fully saturated rings. The normalized spacial score (nSPS) is 19.6. The molecule has 2 heterocycles. The van der Waals surface area contributed by atoms with Gasteiger partial charge in [-0.15, -0.1) is 0 Å². The standard InChI is InChI=1S/C13H15N3O/c17-13-6-5-10-3-1-2-4-12(10)16(13)15-11-7-8-14-9-11/h1-6,11,14-15H,7-9H2. The Bertz CT molecular complexity index is 584. The van der Waals surface area contributed by atoms with Crippen LogP contribution in [0, 0.1) is 0 Å². The van der Waals surface area contributed by atoms with E-state index in [4.69, 9.17) is 0 Å². The fourth-order valence-electron chi connectivity index (χ4n) is 2.27. The minimum atomic E-state index is -0.00407. The Balaban J connectivity index is 2.06. The first-order valence-electron chi connectivity index (χ1n) is 5.93. The van der Waals surface area contributed by atoms with E-state index in [-0.39, 0.29) is 5.56 Å². The van der Waals surface area contributed by atoms with Gasteiger partial charge in [-0.2, -0.15) is 0 Å². The van der Waals surface area contributed by atoms with Crippen molar-refractivity contribution in [1.29, 1.82) is 0 Å². The van der Waals surface area contributed by atoms with Gasteiger partial charge >= 0.3 is 0 Å². The maximum Gasteiger partial charge on any atom is 0.269 e. The van der Waals surface area contributed by atoms with E-state index >= 15 is 0 Å². The van der Waals surface area contributed by atoms with E-state index in [9.17, 15) is 4.79 Å². The van der Waals surface area contributed by atoms with Crippen LogP contribution in [0.1, 0.15) is 6.42 Å². The number of nitrogens with zero attached hydrogens (tertiary/aromatic N) is 1. The van der Waals surface area contributed by atoms with Gasteiger partial charge in [-0.1, -0.05) is 18.2 Å². The molecule has 2 aromatic rings. The molecule has 4 nitrogen and oxygen atoms in total. The van der Waals surface area contributed by atoms with E-state index in [0.717, 1.165) is 30.4 Å².